The molecule has 0 amide bonds. The standard InChI is InChI=1S/C25H26ClN5O2S/c1-32-24-16-19(12-13-23(24)33-18-20-8-5-6-11-22(20)26)17-27-14-7-15-34-25-28-29-30-31(25)21-9-3-2-4-10-21/h2-6,8-13,16,27H,7,14-15,17-18H2,1H3. The molecule has 9 heteroatoms. The molecule has 1 N–H and O–H groups in total. The maximum Gasteiger partial charge on any atom is 0.214 e. The highest BCUT2D eigenvalue weighted by atomic mass is 35.5. The molecular weight excluding hydrogens is 470 g/mol. The summed E-state index contributed by atoms with van der Waals surface area (Å²) in [6, 6.07) is 23.5. The van der Waals surface area contributed by atoms with Gasteiger partial charge in [-0.1, -0.05) is 65.8 Å². The summed E-state index contributed by atoms with van der Waals surface area (Å²) in [5.74, 6) is 2.31. The SMILES string of the molecule is COc1cc(CNCCCSc2nnnn2-c2ccccc2)ccc1OCc1ccccc1Cl. The second kappa shape index (κ2) is 12.4. The van der Waals surface area contributed by atoms with Crippen LogP contribution in [0.1, 0.15) is 17.5 Å². The number of nitrogens with zero attached hydrogens (tertiary/aromatic N) is 4. The van der Waals surface area contributed by atoms with Crippen LogP contribution in [0, 0.1) is 0 Å². The van der Waals surface area contributed by atoms with Gasteiger partial charge in [-0.3, -0.25) is 0 Å². The van der Waals surface area contributed by atoms with Gasteiger partial charge in [-0.2, -0.15) is 4.68 Å². The van der Waals surface area contributed by atoms with Crippen LogP contribution in [0.2, 0.25) is 5.02 Å². The Kier molecular flexibility index (Phi) is 8.78. The van der Waals surface area contributed by atoms with Gasteiger partial charge in [0.25, 0.3) is 0 Å². The molecule has 0 spiro atoms. The molecule has 0 bridgehead atoms. The van der Waals surface area contributed by atoms with Crippen LogP contribution >= 0.6 is 23.4 Å². The molecule has 0 unspecified atom stereocenters. The fourth-order valence-electron chi connectivity index (χ4n) is 3.31. The molecule has 0 saturated carbocycles. The van der Waals surface area contributed by atoms with Crippen LogP contribution < -0.4 is 14.8 Å². The molecular formula is C25H26ClN5O2S. The Balaban J connectivity index is 1.21. The van der Waals surface area contributed by atoms with Crippen LogP contribution in [0.3, 0.4) is 0 Å². The quantitative estimate of drug-likeness (QED) is 0.214. The first-order valence-corrected chi connectivity index (χ1v) is 12.3. The Morgan fingerprint density at radius 1 is 1.00 bits per heavy atom. The third kappa shape index (κ3) is 6.50. The lowest BCUT2D eigenvalue weighted by molar-refractivity contribution is 0.284. The summed E-state index contributed by atoms with van der Waals surface area (Å²) in [5.41, 5.74) is 3.02. The van der Waals surface area contributed by atoms with Crippen LogP contribution in [0.15, 0.2) is 78.0 Å². The van der Waals surface area contributed by atoms with Crippen LogP contribution in [0.25, 0.3) is 5.69 Å². The van der Waals surface area contributed by atoms with Crippen molar-refractivity contribution in [3.8, 4) is 17.2 Å². The van der Waals surface area contributed by atoms with Gasteiger partial charge < -0.3 is 14.8 Å². The second-order valence-corrected chi connectivity index (χ2v) is 8.92. The fraction of sp³-hybridized carbons (Fsp3) is 0.240. The predicted molar refractivity (Wildman–Crippen MR) is 135 cm³/mol. The summed E-state index contributed by atoms with van der Waals surface area (Å²) in [7, 11) is 1.65. The highest BCUT2D eigenvalue weighted by Gasteiger charge is 2.09. The van der Waals surface area contributed by atoms with Gasteiger partial charge in [0.15, 0.2) is 11.5 Å². The predicted octanol–water partition coefficient (Wildman–Crippen LogP) is 5.18. The lowest BCUT2D eigenvalue weighted by Crippen LogP contribution is -2.15. The molecule has 0 saturated heterocycles. The molecule has 0 atom stereocenters. The van der Waals surface area contributed by atoms with Gasteiger partial charge in [0.05, 0.1) is 12.8 Å². The lowest BCUT2D eigenvalue weighted by atomic mass is 10.2. The third-order valence-electron chi connectivity index (χ3n) is 5.07. The van der Waals surface area contributed by atoms with Gasteiger partial charge in [-0.15, -0.1) is 5.10 Å². The summed E-state index contributed by atoms with van der Waals surface area (Å²) in [6.07, 6.45) is 0.989. The highest BCUT2D eigenvalue weighted by molar-refractivity contribution is 7.99. The number of hydrogen-bond acceptors (Lipinski definition) is 7. The number of aromatic nitrogens is 4. The van der Waals surface area contributed by atoms with Crippen molar-refractivity contribution < 1.29 is 9.47 Å². The Bertz CT molecular complexity index is 1190. The number of rotatable bonds is 12. The van der Waals surface area contributed by atoms with E-state index in [-0.39, 0.29) is 0 Å². The third-order valence-corrected chi connectivity index (χ3v) is 6.44. The van der Waals surface area contributed by atoms with E-state index in [0.29, 0.717) is 23.1 Å². The van der Waals surface area contributed by atoms with E-state index in [1.165, 1.54) is 0 Å². The number of tetrazole rings is 1. The van der Waals surface area contributed by atoms with Crippen molar-refractivity contribution >= 4 is 23.4 Å². The van der Waals surface area contributed by atoms with Crippen molar-refractivity contribution in [2.24, 2.45) is 0 Å². The van der Waals surface area contributed by atoms with E-state index < -0.39 is 0 Å². The number of thioether (sulfide) groups is 1. The van der Waals surface area contributed by atoms with Gasteiger partial charge in [-0.05, 0) is 59.3 Å². The summed E-state index contributed by atoms with van der Waals surface area (Å²) in [4.78, 5) is 0. The molecule has 0 aliphatic heterocycles. The minimum absolute atomic E-state index is 0.388. The van der Waals surface area contributed by atoms with Crippen molar-refractivity contribution in [1.29, 1.82) is 0 Å². The zero-order valence-corrected chi connectivity index (χ0v) is 20.4. The average Bonchev–Trinajstić information content (AvgIpc) is 3.35. The van der Waals surface area contributed by atoms with Gasteiger partial charge >= 0.3 is 0 Å². The number of para-hydroxylation sites is 1. The zero-order chi connectivity index (χ0) is 23.6. The van der Waals surface area contributed by atoms with E-state index in [1.807, 2.05) is 72.8 Å². The first-order chi connectivity index (χ1) is 16.7. The molecule has 4 rings (SSSR count). The smallest absolute Gasteiger partial charge is 0.214 e. The molecule has 1 heterocycles. The maximum atomic E-state index is 6.22. The van der Waals surface area contributed by atoms with Gasteiger partial charge in [0.2, 0.25) is 5.16 Å². The monoisotopic (exact) mass is 495 g/mol. The molecule has 3 aromatic carbocycles. The Labute approximate surface area is 208 Å². The molecule has 4 aromatic rings. The van der Waals surface area contributed by atoms with Crippen molar-refractivity contribution in [3.63, 3.8) is 0 Å². The van der Waals surface area contributed by atoms with E-state index in [2.05, 4.69) is 20.8 Å². The number of nitrogens with one attached hydrogen (secondary N) is 1. The minimum Gasteiger partial charge on any atom is -0.493 e. The van der Waals surface area contributed by atoms with Crippen LogP contribution in [0.4, 0.5) is 0 Å². The molecule has 1 aromatic heterocycles. The molecule has 176 valence electrons. The van der Waals surface area contributed by atoms with Crippen LogP contribution in [-0.4, -0.2) is 39.6 Å². The Morgan fingerprint density at radius 3 is 2.65 bits per heavy atom. The number of benzene rings is 3. The zero-order valence-electron chi connectivity index (χ0n) is 18.9. The molecule has 0 radical (unpaired) electrons. The number of ether oxygens (including phenoxy) is 2. The summed E-state index contributed by atoms with van der Waals surface area (Å²) < 4.78 is 13.2. The van der Waals surface area contributed by atoms with E-state index in [4.69, 9.17) is 21.1 Å². The lowest BCUT2D eigenvalue weighted by Gasteiger charge is -2.13. The molecule has 0 aliphatic carbocycles. The summed E-state index contributed by atoms with van der Waals surface area (Å²) in [5, 5.41) is 17.0. The number of halogens is 1. The van der Waals surface area contributed by atoms with Crippen molar-refractivity contribution in [2.75, 3.05) is 19.4 Å². The van der Waals surface area contributed by atoms with Crippen molar-refractivity contribution in [1.82, 2.24) is 25.5 Å². The normalized spacial score (nSPS) is 10.9. The van der Waals surface area contributed by atoms with Gasteiger partial charge in [0, 0.05) is 22.9 Å². The van der Waals surface area contributed by atoms with E-state index in [1.54, 1.807) is 23.6 Å². The van der Waals surface area contributed by atoms with E-state index >= 15 is 0 Å². The first-order valence-electron chi connectivity index (χ1n) is 10.9. The molecule has 0 aliphatic rings. The summed E-state index contributed by atoms with van der Waals surface area (Å²) >= 11 is 7.86. The van der Waals surface area contributed by atoms with Gasteiger partial charge in [0.1, 0.15) is 6.61 Å². The second-order valence-electron chi connectivity index (χ2n) is 7.45. The van der Waals surface area contributed by atoms with Gasteiger partial charge in [-0.25, -0.2) is 0 Å². The largest absolute Gasteiger partial charge is 0.493 e. The fourth-order valence-corrected chi connectivity index (χ4v) is 4.33. The summed E-state index contributed by atoms with van der Waals surface area (Å²) in [6.45, 7) is 2.01. The van der Waals surface area contributed by atoms with Crippen LogP contribution in [0.5, 0.6) is 11.5 Å². The first kappa shape index (κ1) is 24.1. The Hall–Kier alpha value is -3.07. The topological polar surface area (TPSA) is 74.1 Å². The average molecular weight is 496 g/mol. The van der Waals surface area contributed by atoms with Crippen molar-refractivity contribution in [2.45, 2.75) is 24.7 Å². The highest BCUT2D eigenvalue weighted by Crippen LogP contribution is 2.29. The van der Waals surface area contributed by atoms with Crippen LogP contribution in [-0.2, 0) is 13.2 Å². The van der Waals surface area contributed by atoms with E-state index in [9.17, 15) is 0 Å². The molecule has 7 nitrogen and oxygen atoms in total. The van der Waals surface area contributed by atoms with Crippen molar-refractivity contribution in [3.05, 3.63) is 88.9 Å². The number of methoxy groups -OCH3 is 1. The van der Waals surface area contributed by atoms with E-state index in [0.717, 1.165) is 47.2 Å². The number of hydrogen-bond donors (Lipinski definition) is 1. The molecule has 0 fully saturated rings. The molecule has 34 heavy (non-hydrogen) atoms. The maximum absolute atomic E-state index is 6.22. The Morgan fingerprint density at radius 2 is 1.82 bits per heavy atom. The minimum atomic E-state index is 0.388.